The molecule has 0 spiro atoms. The minimum absolute atomic E-state index is 0.0767. The van der Waals surface area contributed by atoms with Gasteiger partial charge in [0.25, 0.3) is 0 Å². The van der Waals surface area contributed by atoms with Crippen molar-refractivity contribution in [3.8, 4) is 0 Å². The molecule has 1 heterocycles. The number of fused-ring (bicyclic) bond motifs is 1. The number of thiazole rings is 1. The fourth-order valence-corrected chi connectivity index (χ4v) is 3.05. The standard InChI is InChI=1S/C16H14F2N2S/c1-10(11-6-7-12(17)13(18)8-11)19-9-16-20-14-4-2-3-5-15(14)21-16/h2-8,10,19H,9H2,1H3/t10-/m1/s1. The second kappa shape index (κ2) is 5.87. The van der Waals surface area contributed by atoms with Crippen LogP contribution in [0.2, 0.25) is 0 Å². The van der Waals surface area contributed by atoms with Crippen molar-refractivity contribution in [3.05, 3.63) is 64.7 Å². The van der Waals surface area contributed by atoms with E-state index in [1.165, 1.54) is 6.07 Å². The smallest absolute Gasteiger partial charge is 0.159 e. The van der Waals surface area contributed by atoms with Crippen LogP contribution in [-0.4, -0.2) is 4.98 Å². The van der Waals surface area contributed by atoms with E-state index in [9.17, 15) is 8.78 Å². The minimum atomic E-state index is -0.822. The van der Waals surface area contributed by atoms with Crippen molar-refractivity contribution in [2.75, 3.05) is 0 Å². The molecule has 21 heavy (non-hydrogen) atoms. The molecule has 3 aromatic rings. The molecule has 0 amide bonds. The molecule has 0 radical (unpaired) electrons. The Kier molecular flexibility index (Phi) is 3.94. The Morgan fingerprint density at radius 1 is 1.14 bits per heavy atom. The number of hydrogen-bond donors (Lipinski definition) is 1. The highest BCUT2D eigenvalue weighted by molar-refractivity contribution is 7.18. The van der Waals surface area contributed by atoms with Gasteiger partial charge in [0, 0.05) is 12.6 Å². The zero-order valence-corrected chi connectivity index (χ0v) is 12.3. The molecule has 1 N–H and O–H groups in total. The number of nitrogens with zero attached hydrogens (tertiary/aromatic N) is 1. The van der Waals surface area contributed by atoms with E-state index in [1.54, 1.807) is 17.4 Å². The normalized spacial score (nSPS) is 12.7. The van der Waals surface area contributed by atoms with E-state index in [-0.39, 0.29) is 6.04 Å². The summed E-state index contributed by atoms with van der Waals surface area (Å²) in [6.45, 7) is 2.51. The summed E-state index contributed by atoms with van der Waals surface area (Å²) < 4.78 is 27.3. The van der Waals surface area contributed by atoms with E-state index < -0.39 is 11.6 Å². The van der Waals surface area contributed by atoms with E-state index in [2.05, 4.69) is 10.3 Å². The molecule has 0 unspecified atom stereocenters. The first-order chi connectivity index (χ1) is 10.1. The van der Waals surface area contributed by atoms with Gasteiger partial charge in [0.05, 0.1) is 10.2 Å². The molecule has 2 nitrogen and oxygen atoms in total. The number of hydrogen-bond acceptors (Lipinski definition) is 3. The molecule has 3 rings (SSSR count). The molecule has 0 aliphatic heterocycles. The van der Waals surface area contributed by atoms with Gasteiger partial charge in [-0.15, -0.1) is 11.3 Å². The van der Waals surface area contributed by atoms with Crippen LogP contribution in [-0.2, 0) is 6.54 Å². The summed E-state index contributed by atoms with van der Waals surface area (Å²) in [7, 11) is 0. The number of para-hydroxylation sites is 1. The van der Waals surface area contributed by atoms with Crippen LogP contribution in [0.1, 0.15) is 23.5 Å². The molecule has 0 fully saturated rings. The molecular weight excluding hydrogens is 290 g/mol. The third-order valence-electron chi connectivity index (χ3n) is 3.34. The van der Waals surface area contributed by atoms with Gasteiger partial charge < -0.3 is 5.32 Å². The highest BCUT2D eigenvalue weighted by Crippen LogP contribution is 2.22. The second-order valence-electron chi connectivity index (χ2n) is 4.85. The largest absolute Gasteiger partial charge is 0.304 e. The Labute approximate surface area is 125 Å². The van der Waals surface area contributed by atoms with Crippen LogP contribution in [0.15, 0.2) is 42.5 Å². The van der Waals surface area contributed by atoms with E-state index in [1.807, 2.05) is 31.2 Å². The highest BCUT2D eigenvalue weighted by Gasteiger charge is 2.10. The van der Waals surface area contributed by atoms with E-state index in [4.69, 9.17) is 0 Å². The average Bonchev–Trinajstić information content (AvgIpc) is 2.90. The SMILES string of the molecule is C[C@@H](NCc1nc2ccccc2s1)c1ccc(F)c(F)c1. The zero-order chi connectivity index (χ0) is 14.8. The molecular formula is C16H14F2N2S. The summed E-state index contributed by atoms with van der Waals surface area (Å²) in [5, 5.41) is 4.26. The Hall–Kier alpha value is -1.85. The maximum absolute atomic E-state index is 13.2. The van der Waals surface area contributed by atoms with Crippen LogP contribution in [0.5, 0.6) is 0 Å². The summed E-state index contributed by atoms with van der Waals surface area (Å²) in [6, 6.07) is 11.9. The van der Waals surface area contributed by atoms with Gasteiger partial charge in [-0.3, -0.25) is 0 Å². The third-order valence-corrected chi connectivity index (χ3v) is 4.38. The number of nitrogens with one attached hydrogen (secondary N) is 1. The van der Waals surface area contributed by atoms with Gasteiger partial charge in [-0.2, -0.15) is 0 Å². The Morgan fingerprint density at radius 3 is 2.71 bits per heavy atom. The lowest BCUT2D eigenvalue weighted by Gasteiger charge is -2.13. The molecule has 0 bridgehead atoms. The first-order valence-electron chi connectivity index (χ1n) is 6.66. The molecule has 1 atom stereocenters. The second-order valence-corrected chi connectivity index (χ2v) is 5.97. The van der Waals surface area contributed by atoms with Gasteiger partial charge in [-0.1, -0.05) is 18.2 Å². The van der Waals surface area contributed by atoms with Gasteiger partial charge in [-0.05, 0) is 36.8 Å². The molecule has 2 aromatic carbocycles. The summed E-state index contributed by atoms with van der Waals surface area (Å²) >= 11 is 1.63. The fraction of sp³-hybridized carbons (Fsp3) is 0.188. The van der Waals surface area contributed by atoms with Crippen molar-refractivity contribution in [2.45, 2.75) is 19.5 Å². The first kappa shape index (κ1) is 14.1. The molecule has 108 valence electrons. The lowest BCUT2D eigenvalue weighted by molar-refractivity contribution is 0.500. The zero-order valence-electron chi connectivity index (χ0n) is 11.4. The van der Waals surface area contributed by atoms with E-state index in [0.29, 0.717) is 6.54 Å². The molecule has 0 saturated carbocycles. The lowest BCUT2D eigenvalue weighted by atomic mass is 10.1. The highest BCUT2D eigenvalue weighted by atomic mass is 32.1. The predicted octanol–water partition coefficient (Wildman–Crippen LogP) is 4.43. The van der Waals surface area contributed by atoms with Crippen LogP contribution >= 0.6 is 11.3 Å². The van der Waals surface area contributed by atoms with Crippen molar-refractivity contribution in [1.29, 1.82) is 0 Å². The molecule has 0 saturated heterocycles. The van der Waals surface area contributed by atoms with Crippen LogP contribution in [0, 0.1) is 11.6 Å². The molecule has 5 heteroatoms. The van der Waals surface area contributed by atoms with Crippen molar-refractivity contribution in [3.63, 3.8) is 0 Å². The van der Waals surface area contributed by atoms with Crippen molar-refractivity contribution >= 4 is 21.6 Å². The van der Waals surface area contributed by atoms with Crippen LogP contribution < -0.4 is 5.32 Å². The number of benzene rings is 2. The molecule has 0 aliphatic rings. The summed E-state index contributed by atoms with van der Waals surface area (Å²) in [4.78, 5) is 4.53. The number of halogens is 2. The van der Waals surface area contributed by atoms with Crippen molar-refractivity contribution < 1.29 is 8.78 Å². The lowest BCUT2D eigenvalue weighted by Crippen LogP contribution is -2.18. The van der Waals surface area contributed by atoms with Gasteiger partial charge in [0.1, 0.15) is 5.01 Å². The summed E-state index contributed by atoms with van der Waals surface area (Å²) in [5.74, 6) is -1.64. The Bertz CT molecular complexity index is 737. The van der Waals surface area contributed by atoms with Crippen molar-refractivity contribution in [1.82, 2.24) is 10.3 Å². The van der Waals surface area contributed by atoms with Crippen LogP contribution in [0.4, 0.5) is 8.78 Å². The van der Waals surface area contributed by atoms with Crippen molar-refractivity contribution in [2.24, 2.45) is 0 Å². The van der Waals surface area contributed by atoms with E-state index in [0.717, 1.165) is 26.9 Å². The van der Waals surface area contributed by atoms with Gasteiger partial charge in [0.15, 0.2) is 11.6 Å². The monoisotopic (exact) mass is 304 g/mol. The minimum Gasteiger partial charge on any atom is -0.304 e. The van der Waals surface area contributed by atoms with E-state index >= 15 is 0 Å². The molecule has 0 aliphatic carbocycles. The van der Waals surface area contributed by atoms with Gasteiger partial charge in [-0.25, -0.2) is 13.8 Å². The molecule has 1 aromatic heterocycles. The van der Waals surface area contributed by atoms with Gasteiger partial charge in [0.2, 0.25) is 0 Å². The average molecular weight is 304 g/mol. The fourth-order valence-electron chi connectivity index (χ4n) is 2.14. The van der Waals surface area contributed by atoms with Crippen LogP contribution in [0.3, 0.4) is 0 Å². The number of rotatable bonds is 4. The predicted molar refractivity (Wildman–Crippen MR) is 81.2 cm³/mol. The quantitative estimate of drug-likeness (QED) is 0.771. The van der Waals surface area contributed by atoms with Gasteiger partial charge >= 0.3 is 0 Å². The topological polar surface area (TPSA) is 24.9 Å². The third kappa shape index (κ3) is 3.09. The summed E-state index contributed by atoms with van der Waals surface area (Å²) in [5.41, 5.74) is 1.70. The van der Waals surface area contributed by atoms with Crippen LogP contribution in [0.25, 0.3) is 10.2 Å². The Balaban J connectivity index is 1.70. The number of aromatic nitrogens is 1. The maximum Gasteiger partial charge on any atom is 0.159 e. The Morgan fingerprint density at radius 2 is 1.95 bits per heavy atom. The first-order valence-corrected chi connectivity index (χ1v) is 7.48. The maximum atomic E-state index is 13.2. The summed E-state index contributed by atoms with van der Waals surface area (Å²) in [6.07, 6.45) is 0.